The zero-order valence-electron chi connectivity index (χ0n) is 13.2. The van der Waals surface area contributed by atoms with E-state index in [9.17, 15) is 4.79 Å². The van der Waals surface area contributed by atoms with Gasteiger partial charge in [0.1, 0.15) is 0 Å². The van der Waals surface area contributed by atoms with Crippen molar-refractivity contribution in [3.05, 3.63) is 22.4 Å². The molecule has 1 amide bonds. The molecular weight excluding hydrogens is 292 g/mol. The van der Waals surface area contributed by atoms with Gasteiger partial charge in [0.25, 0.3) is 0 Å². The summed E-state index contributed by atoms with van der Waals surface area (Å²) in [5.41, 5.74) is 1.75. The van der Waals surface area contributed by atoms with E-state index >= 15 is 0 Å². The third kappa shape index (κ3) is 2.71. The Morgan fingerprint density at radius 2 is 2.09 bits per heavy atom. The largest absolute Gasteiger partial charge is 0.335 e. The van der Waals surface area contributed by atoms with Gasteiger partial charge in [-0.3, -0.25) is 4.79 Å². The molecule has 1 aliphatic heterocycles. The molecule has 4 rings (SSSR count). The lowest BCUT2D eigenvalue weighted by Crippen LogP contribution is -2.41. The maximum atomic E-state index is 13.1. The molecule has 3 fully saturated rings. The molecule has 1 spiro atoms. The number of piperidine rings is 1. The van der Waals surface area contributed by atoms with Gasteiger partial charge >= 0.3 is 0 Å². The highest BCUT2D eigenvalue weighted by Crippen LogP contribution is 2.56. The summed E-state index contributed by atoms with van der Waals surface area (Å²) in [5.74, 6) is 0.752. The molecule has 0 aromatic carbocycles. The Morgan fingerprint density at radius 1 is 1.32 bits per heavy atom. The SMILES string of the molecule is O=C(C1CCCC1)N(Cc1ccsc1)C1CC12CCNCC2. The standard InChI is InChI=1S/C18H26N2OS/c21-17(15-3-1-2-4-15)20(12-14-5-10-22-13-14)16-11-18(16)6-8-19-9-7-18/h5,10,13,15-16,19H,1-4,6-9,11-12H2. The van der Waals surface area contributed by atoms with E-state index in [1.54, 1.807) is 11.3 Å². The van der Waals surface area contributed by atoms with Gasteiger partial charge in [0.15, 0.2) is 0 Å². The van der Waals surface area contributed by atoms with E-state index in [2.05, 4.69) is 27.0 Å². The molecule has 120 valence electrons. The van der Waals surface area contributed by atoms with E-state index < -0.39 is 0 Å². The Morgan fingerprint density at radius 3 is 2.77 bits per heavy atom. The predicted molar refractivity (Wildman–Crippen MR) is 89.8 cm³/mol. The van der Waals surface area contributed by atoms with Gasteiger partial charge in [-0.1, -0.05) is 12.8 Å². The fourth-order valence-corrected chi connectivity index (χ4v) is 5.22. The highest BCUT2D eigenvalue weighted by Gasteiger charge is 2.58. The second-order valence-electron chi connectivity index (χ2n) is 7.41. The molecule has 0 bridgehead atoms. The molecular formula is C18H26N2OS. The van der Waals surface area contributed by atoms with Crippen LogP contribution < -0.4 is 5.32 Å². The van der Waals surface area contributed by atoms with Crippen LogP contribution in [0.2, 0.25) is 0 Å². The topological polar surface area (TPSA) is 32.3 Å². The molecule has 1 aromatic rings. The van der Waals surface area contributed by atoms with E-state index in [4.69, 9.17) is 0 Å². The van der Waals surface area contributed by atoms with Gasteiger partial charge in [0.2, 0.25) is 5.91 Å². The molecule has 2 saturated carbocycles. The van der Waals surface area contributed by atoms with Crippen LogP contribution >= 0.6 is 11.3 Å². The number of nitrogens with zero attached hydrogens (tertiary/aromatic N) is 1. The summed E-state index contributed by atoms with van der Waals surface area (Å²) >= 11 is 1.74. The van der Waals surface area contributed by atoms with Gasteiger partial charge in [0.05, 0.1) is 0 Å². The minimum absolute atomic E-state index is 0.304. The maximum Gasteiger partial charge on any atom is 0.226 e. The molecule has 1 aromatic heterocycles. The van der Waals surface area contributed by atoms with Crippen LogP contribution in [-0.4, -0.2) is 29.9 Å². The second kappa shape index (κ2) is 5.97. The summed E-state index contributed by atoms with van der Waals surface area (Å²) in [6.07, 6.45) is 8.42. The monoisotopic (exact) mass is 318 g/mol. The van der Waals surface area contributed by atoms with Crippen LogP contribution in [0.25, 0.3) is 0 Å². The molecule has 1 saturated heterocycles. The molecule has 22 heavy (non-hydrogen) atoms. The van der Waals surface area contributed by atoms with E-state index in [1.807, 2.05) is 0 Å². The zero-order valence-corrected chi connectivity index (χ0v) is 14.0. The van der Waals surface area contributed by atoms with Crippen LogP contribution in [0.15, 0.2) is 16.8 Å². The Labute approximate surface area is 137 Å². The Bertz CT molecular complexity index is 515. The quantitative estimate of drug-likeness (QED) is 0.923. The van der Waals surface area contributed by atoms with Crippen molar-refractivity contribution in [1.82, 2.24) is 10.2 Å². The fourth-order valence-electron chi connectivity index (χ4n) is 4.56. The Balaban J connectivity index is 1.51. The van der Waals surface area contributed by atoms with E-state index in [1.165, 1.54) is 37.7 Å². The third-order valence-electron chi connectivity index (χ3n) is 6.04. The van der Waals surface area contributed by atoms with Crippen molar-refractivity contribution in [3.8, 4) is 0 Å². The summed E-state index contributed by atoms with van der Waals surface area (Å²) in [6.45, 7) is 3.08. The average molecular weight is 318 g/mol. The predicted octanol–water partition coefficient (Wildman–Crippen LogP) is 3.41. The van der Waals surface area contributed by atoms with Gasteiger partial charge in [-0.05, 0) is 73.0 Å². The molecule has 0 radical (unpaired) electrons. The molecule has 3 nitrogen and oxygen atoms in total. The van der Waals surface area contributed by atoms with Crippen molar-refractivity contribution in [2.24, 2.45) is 11.3 Å². The number of rotatable bonds is 4. The highest BCUT2D eigenvalue weighted by molar-refractivity contribution is 7.07. The molecule has 1 unspecified atom stereocenters. The molecule has 1 atom stereocenters. The zero-order chi connectivity index (χ0) is 15.0. The number of carbonyl (C=O) groups excluding carboxylic acids is 1. The third-order valence-corrected chi connectivity index (χ3v) is 6.77. The number of hydrogen-bond acceptors (Lipinski definition) is 3. The van der Waals surface area contributed by atoms with Crippen molar-refractivity contribution >= 4 is 17.2 Å². The maximum absolute atomic E-state index is 13.1. The van der Waals surface area contributed by atoms with Crippen molar-refractivity contribution < 1.29 is 4.79 Å². The number of amides is 1. The van der Waals surface area contributed by atoms with Gasteiger partial charge in [-0.15, -0.1) is 0 Å². The number of nitrogens with one attached hydrogen (secondary N) is 1. The summed E-state index contributed by atoms with van der Waals surface area (Å²) in [6, 6.07) is 2.68. The van der Waals surface area contributed by atoms with Crippen LogP contribution in [0, 0.1) is 11.3 Å². The molecule has 3 aliphatic rings. The van der Waals surface area contributed by atoms with Crippen LogP contribution in [0.4, 0.5) is 0 Å². The van der Waals surface area contributed by atoms with Gasteiger partial charge in [-0.25, -0.2) is 0 Å². The summed E-state index contributed by atoms with van der Waals surface area (Å²) in [7, 11) is 0. The lowest BCUT2D eigenvalue weighted by Gasteiger charge is -2.31. The second-order valence-corrected chi connectivity index (χ2v) is 8.19. The van der Waals surface area contributed by atoms with Crippen LogP contribution in [-0.2, 0) is 11.3 Å². The first-order valence-electron chi connectivity index (χ1n) is 8.81. The molecule has 4 heteroatoms. The lowest BCUT2D eigenvalue weighted by molar-refractivity contribution is -0.137. The summed E-state index contributed by atoms with van der Waals surface area (Å²) in [4.78, 5) is 15.4. The summed E-state index contributed by atoms with van der Waals surface area (Å²) < 4.78 is 0. The molecule has 1 N–H and O–H groups in total. The Hall–Kier alpha value is -0.870. The van der Waals surface area contributed by atoms with Crippen LogP contribution in [0.5, 0.6) is 0 Å². The van der Waals surface area contributed by atoms with E-state index in [0.29, 0.717) is 23.3 Å². The Kier molecular flexibility index (Phi) is 3.99. The first-order valence-corrected chi connectivity index (χ1v) is 9.75. The number of thiophene rings is 1. The van der Waals surface area contributed by atoms with Crippen molar-refractivity contribution in [1.29, 1.82) is 0 Å². The average Bonchev–Trinajstić information content (AvgIpc) is 3.02. The first kappa shape index (κ1) is 14.7. The normalized spacial score (nSPS) is 27.2. The van der Waals surface area contributed by atoms with Gasteiger partial charge in [0, 0.05) is 18.5 Å². The van der Waals surface area contributed by atoms with Crippen molar-refractivity contribution in [3.63, 3.8) is 0 Å². The minimum atomic E-state index is 0.304. The smallest absolute Gasteiger partial charge is 0.226 e. The fraction of sp³-hybridized carbons (Fsp3) is 0.722. The number of hydrogen-bond donors (Lipinski definition) is 1. The molecule has 2 heterocycles. The van der Waals surface area contributed by atoms with E-state index in [0.717, 1.165) is 32.5 Å². The summed E-state index contributed by atoms with van der Waals surface area (Å²) in [5, 5.41) is 7.79. The van der Waals surface area contributed by atoms with Crippen molar-refractivity contribution in [2.45, 2.75) is 57.5 Å². The number of carbonyl (C=O) groups is 1. The highest BCUT2D eigenvalue weighted by atomic mass is 32.1. The van der Waals surface area contributed by atoms with Crippen molar-refractivity contribution in [2.75, 3.05) is 13.1 Å². The first-order chi connectivity index (χ1) is 10.8. The minimum Gasteiger partial charge on any atom is -0.335 e. The van der Waals surface area contributed by atoms with Crippen LogP contribution in [0.1, 0.15) is 50.5 Å². The van der Waals surface area contributed by atoms with E-state index in [-0.39, 0.29) is 0 Å². The van der Waals surface area contributed by atoms with Crippen LogP contribution in [0.3, 0.4) is 0 Å². The molecule has 2 aliphatic carbocycles. The lowest BCUT2D eigenvalue weighted by atomic mass is 9.93. The van der Waals surface area contributed by atoms with Gasteiger partial charge in [-0.2, -0.15) is 11.3 Å². The van der Waals surface area contributed by atoms with Gasteiger partial charge < -0.3 is 10.2 Å².